The SMILES string of the molecule is CCN(CC)c1ccc(CNC(=O)[C@@]23CCCC[C@H]2CNC3)cn1.Cl.Cl. The molecule has 0 bridgehead atoms. The van der Waals surface area contributed by atoms with Gasteiger partial charge in [-0.05, 0) is 50.8 Å². The topological polar surface area (TPSA) is 57.3 Å². The summed E-state index contributed by atoms with van der Waals surface area (Å²) in [6, 6.07) is 4.12. The Morgan fingerprint density at radius 3 is 2.73 bits per heavy atom. The van der Waals surface area contributed by atoms with Gasteiger partial charge in [0, 0.05) is 32.4 Å². The highest BCUT2D eigenvalue weighted by molar-refractivity contribution is 5.85. The number of nitrogens with zero attached hydrogens (tertiary/aromatic N) is 2. The van der Waals surface area contributed by atoms with E-state index in [-0.39, 0.29) is 36.1 Å². The van der Waals surface area contributed by atoms with Gasteiger partial charge in [-0.2, -0.15) is 0 Å². The molecule has 148 valence electrons. The number of carbonyl (C=O) groups is 1. The van der Waals surface area contributed by atoms with E-state index in [0.717, 1.165) is 44.0 Å². The molecule has 3 rings (SSSR count). The normalized spacial score (nSPS) is 24.0. The fraction of sp³-hybridized carbons (Fsp3) is 0.684. The van der Waals surface area contributed by atoms with Gasteiger partial charge in [-0.3, -0.25) is 4.79 Å². The predicted octanol–water partition coefficient (Wildman–Crippen LogP) is 3.17. The van der Waals surface area contributed by atoms with Crippen molar-refractivity contribution in [2.75, 3.05) is 31.1 Å². The van der Waals surface area contributed by atoms with Gasteiger partial charge in [0.25, 0.3) is 0 Å². The minimum absolute atomic E-state index is 0. The van der Waals surface area contributed by atoms with E-state index >= 15 is 0 Å². The Morgan fingerprint density at radius 1 is 1.31 bits per heavy atom. The Bertz CT molecular complexity index is 565. The molecule has 2 heterocycles. The Kier molecular flexibility index (Phi) is 9.14. The van der Waals surface area contributed by atoms with Gasteiger partial charge in [0.2, 0.25) is 5.91 Å². The second-order valence-corrected chi connectivity index (χ2v) is 7.11. The van der Waals surface area contributed by atoms with Crippen LogP contribution in [0.25, 0.3) is 0 Å². The second-order valence-electron chi connectivity index (χ2n) is 7.11. The van der Waals surface area contributed by atoms with Crippen LogP contribution in [0.3, 0.4) is 0 Å². The molecular weight excluding hydrogens is 371 g/mol. The van der Waals surface area contributed by atoms with Crippen molar-refractivity contribution in [2.45, 2.75) is 46.1 Å². The molecule has 2 aliphatic rings. The Morgan fingerprint density at radius 2 is 2.08 bits per heavy atom. The van der Waals surface area contributed by atoms with Gasteiger partial charge in [-0.1, -0.05) is 18.9 Å². The molecule has 26 heavy (non-hydrogen) atoms. The molecule has 1 aliphatic heterocycles. The summed E-state index contributed by atoms with van der Waals surface area (Å²) in [7, 11) is 0. The second kappa shape index (κ2) is 10.3. The Labute approximate surface area is 169 Å². The number of halogens is 2. The van der Waals surface area contributed by atoms with Crippen LogP contribution < -0.4 is 15.5 Å². The van der Waals surface area contributed by atoms with Crippen LogP contribution in [0.5, 0.6) is 0 Å². The van der Waals surface area contributed by atoms with Crippen molar-refractivity contribution >= 4 is 36.5 Å². The number of hydrogen-bond donors (Lipinski definition) is 2. The number of amides is 1. The van der Waals surface area contributed by atoms with Crippen LogP contribution in [-0.4, -0.2) is 37.1 Å². The van der Waals surface area contributed by atoms with E-state index in [1.807, 2.05) is 12.3 Å². The minimum atomic E-state index is -0.174. The number of aromatic nitrogens is 1. The largest absolute Gasteiger partial charge is 0.357 e. The standard InChI is InChI=1S/C19H30N4O.2ClH/c1-3-23(4-2)17-9-8-15(11-21-17)12-22-18(24)19-10-6-5-7-16(19)13-20-14-19;;/h8-9,11,16,20H,3-7,10,12-14H2,1-2H3,(H,22,24);2*1H/t16-,19+;;/m0../s1. The lowest BCUT2D eigenvalue weighted by Crippen LogP contribution is -2.47. The summed E-state index contributed by atoms with van der Waals surface area (Å²) in [5, 5.41) is 6.61. The molecule has 2 N–H and O–H groups in total. The number of rotatable bonds is 6. The number of pyridine rings is 1. The van der Waals surface area contributed by atoms with Gasteiger partial charge in [0.05, 0.1) is 5.41 Å². The summed E-state index contributed by atoms with van der Waals surface area (Å²) in [6.07, 6.45) is 6.52. The van der Waals surface area contributed by atoms with Crippen LogP contribution in [0, 0.1) is 11.3 Å². The quantitative estimate of drug-likeness (QED) is 0.766. The van der Waals surface area contributed by atoms with Crippen molar-refractivity contribution in [3.63, 3.8) is 0 Å². The van der Waals surface area contributed by atoms with Gasteiger partial charge in [-0.25, -0.2) is 4.98 Å². The van der Waals surface area contributed by atoms with Crippen molar-refractivity contribution in [1.82, 2.24) is 15.6 Å². The lowest BCUT2D eigenvalue weighted by molar-refractivity contribution is -0.134. The van der Waals surface area contributed by atoms with Gasteiger partial charge >= 0.3 is 0 Å². The lowest BCUT2D eigenvalue weighted by Gasteiger charge is -2.37. The molecule has 0 radical (unpaired) electrons. The average Bonchev–Trinajstić information content (AvgIpc) is 3.07. The summed E-state index contributed by atoms with van der Waals surface area (Å²) in [4.78, 5) is 19.6. The average molecular weight is 403 g/mol. The summed E-state index contributed by atoms with van der Waals surface area (Å²) in [5.41, 5.74) is 0.890. The van der Waals surface area contributed by atoms with E-state index in [2.05, 4.69) is 40.4 Å². The third kappa shape index (κ3) is 4.62. The number of anilines is 1. The van der Waals surface area contributed by atoms with Gasteiger partial charge in [0.15, 0.2) is 0 Å². The fourth-order valence-corrected chi connectivity index (χ4v) is 4.30. The van der Waals surface area contributed by atoms with Gasteiger partial charge in [-0.15, -0.1) is 24.8 Å². The first-order valence-corrected chi connectivity index (χ1v) is 9.38. The Hall–Kier alpha value is -1.04. The molecule has 5 nitrogen and oxygen atoms in total. The molecule has 2 fully saturated rings. The third-order valence-corrected chi connectivity index (χ3v) is 5.84. The summed E-state index contributed by atoms with van der Waals surface area (Å²) in [6.45, 7) is 8.58. The first-order chi connectivity index (χ1) is 11.7. The minimum Gasteiger partial charge on any atom is -0.357 e. The van der Waals surface area contributed by atoms with E-state index in [1.165, 1.54) is 19.3 Å². The smallest absolute Gasteiger partial charge is 0.228 e. The summed E-state index contributed by atoms with van der Waals surface area (Å²) >= 11 is 0. The highest BCUT2D eigenvalue weighted by Crippen LogP contribution is 2.43. The van der Waals surface area contributed by atoms with Crippen molar-refractivity contribution in [1.29, 1.82) is 0 Å². The van der Waals surface area contributed by atoms with Crippen LogP contribution in [0.15, 0.2) is 18.3 Å². The van der Waals surface area contributed by atoms with Crippen LogP contribution >= 0.6 is 24.8 Å². The molecule has 1 saturated heterocycles. The van der Waals surface area contributed by atoms with E-state index in [4.69, 9.17) is 0 Å². The van der Waals surface area contributed by atoms with Crippen molar-refractivity contribution in [3.05, 3.63) is 23.9 Å². The van der Waals surface area contributed by atoms with Crippen LogP contribution in [0.2, 0.25) is 0 Å². The number of carbonyl (C=O) groups excluding carboxylic acids is 1. The first-order valence-electron chi connectivity index (χ1n) is 9.38. The van der Waals surface area contributed by atoms with Crippen molar-refractivity contribution in [3.8, 4) is 0 Å². The van der Waals surface area contributed by atoms with Crippen molar-refractivity contribution in [2.24, 2.45) is 11.3 Å². The van der Waals surface area contributed by atoms with E-state index in [1.54, 1.807) is 0 Å². The molecule has 2 atom stereocenters. The molecular formula is C19H32Cl2N4O. The summed E-state index contributed by atoms with van der Waals surface area (Å²) < 4.78 is 0. The van der Waals surface area contributed by atoms with Gasteiger partial charge in [0.1, 0.15) is 5.82 Å². The zero-order chi connectivity index (χ0) is 17.0. The lowest BCUT2D eigenvalue weighted by atomic mass is 9.67. The van der Waals surface area contributed by atoms with Crippen LogP contribution in [0.1, 0.15) is 45.1 Å². The zero-order valence-corrected chi connectivity index (χ0v) is 17.4. The van der Waals surface area contributed by atoms with Crippen LogP contribution in [0.4, 0.5) is 5.82 Å². The van der Waals surface area contributed by atoms with Crippen molar-refractivity contribution < 1.29 is 4.79 Å². The summed E-state index contributed by atoms with van der Waals surface area (Å²) in [5.74, 6) is 1.74. The zero-order valence-electron chi connectivity index (χ0n) is 15.8. The molecule has 1 aromatic rings. The Balaban J connectivity index is 0.00000169. The maximum Gasteiger partial charge on any atom is 0.228 e. The first kappa shape index (κ1) is 23.0. The number of fused-ring (bicyclic) bond motifs is 1. The maximum atomic E-state index is 12.9. The molecule has 0 unspecified atom stereocenters. The number of hydrogen-bond acceptors (Lipinski definition) is 4. The molecule has 0 spiro atoms. The van der Waals surface area contributed by atoms with E-state index < -0.39 is 0 Å². The number of nitrogens with one attached hydrogen (secondary N) is 2. The van der Waals surface area contributed by atoms with E-state index in [9.17, 15) is 4.79 Å². The fourth-order valence-electron chi connectivity index (χ4n) is 4.30. The third-order valence-electron chi connectivity index (χ3n) is 5.84. The highest BCUT2D eigenvalue weighted by Gasteiger charge is 2.49. The maximum absolute atomic E-state index is 12.9. The molecule has 1 amide bonds. The molecule has 1 saturated carbocycles. The molecule has 1 aliphatic carbocycles. The van der Waals surface area contributed by atoms with Gasteiger partial charge < -0.3 is 15.5 Å². The monoisotopic (exact) mass is 402 g/mol. The van der Waals surface area contributed by atoms with E-state index in [0.29, 0.717) is 12.5 Å². The molecule has 0 aromatic carbocycles. The van der Waals surface area contributed by atoms with Crippen LogP contribution in [-0.2, 0) is 11.3 Å². The predicted molar refractivity (Wildman–Crippen MR) is 111 cm³/mol. The highest BCUT2D eigenvalue weighted by atomic mass is 35.5. The molecule has 7 heteroatoms. The molecule has 1 aromatic heterocycles.